The second-order valence-corrected chi connectivity index (χ2v) is 5.36. The van der Waals surface area contributed by atoms with Crippen molar-refractivity contribution in [3.8, 4) is 0 Å². The number of fused-ring (bicyclic) bond motifs is 1. The Morgan fingerprint density at radius 3 is 2.67 bits per heavy atom. The molecule has 1 unspecified atom stereocenters. The van der Waals surface area contributed by atoms with Gasteiger partial charge in [0.05, 0.1) is 11.0 Å². The number of hydrogen-bond acceptors (Lipinski definition) is 2. The minimum atomic E-state index is 0.673. The van der Waals surface area contributed by atoms with Crippen LogP contribution in [0, 0.1) is 19.8 Å². The second kappa shape index (κ2) is 5.53. The van der Waals surface area contributed by atoms with Crippen LogP contribution in [0.3, 0.4) is 0 Å². The summed E-state index contributed by atoms with van der Waals surface area (Å²) in [5.41, 5.74) is 10.4. The number of nitrogens with zero attached hydrogens (tertiary/aromatic N) is 1. The molecule has 3 nitrogen and oxygen atoms in total. The van der Waals surface area contributed by atoms with E-state index in [4.69, 9.17) is 5.73 Å². The van der Waals surface area contributed by atoms with E-state index in [1.165, 1.54) is 11.1 Å². The van der Waals surface area contributed by atoms with Crippen molar-refractivity contribution in [1.29, 1.82) is 0 Å². The predicted octanol–water partition coefficient (Wildman–Crippen LogP) is 3.10. The van der Waals surface area contributed by atoms with Crippen LogP contribution >= 0.6 is 0 Å². The van der Waals surface area contributed by atoms with Crippen LogP contribution in [0.5, 0.6) is 0 Å². The van der Waals surface area contributed by atoms with Crippen molar-refractivity contribution in [2.45, 2.75) is 40.0 Å². The zero-order valence-corrected chi connectivity index (χ0v) is 11.6. The Kier molecular flexibility index (Phi) is 4.02. The molecule has 0 saturated carbocycles. The van der Waals surface area contributed by atoms with Crippen molar-refractivity contribution in [1.82, 2.24) is 9.97 Å². The first kappa shape index (κ1) is 13.1. The van der Waals surface area contributed by atoms with Crippen molar-refractivity contribution in [2.75, 3.05) is 6.54 Å². The lowest BCUT2D eigenvalue weighted by Gasteiger charge is -2.07. The predicted molar refractivity (Wildman–Crippen MR) is 76.7 cm³/mol. The third-order valence-corrected chi connectivity index (χ3v) is 3.68. The minimum absolute atomic E-state index is 0.673. The van der Waals surface area contributed by atoms with Crippen LogP contribution in [-0.4, -0.2) is 16.5 Å². The Labute approximate surface area is 109 Å². The number of aromatic amines is 1. The van der Waals surface area contributed by atoms with Crippen molar-refractivity contribution >= 4 is 11.0 Å². The number of hydrogen-bond donors (Lipinski definition) is 2. The van der Waals surface area contributed by atoms with Crippen molar-refractivity contribution < 1.29 is 0 Å². The summed E-state index contributed by atoms with van der Waals surface area (Å²) in [7, 11) is 0. The fourth-order valence-corrected chi connectivity index (χ4v) is 2.25. The lowest BCUT2D eigenvalue weighted by atomic mass is 10.0. The highest BCUT2D eigenvalue weighted by Crippen LogP contribution is 2.18. The Bertz CT molecular complexity index is 489. The molecule has 0 fully saturated rings. The summed E-state index contributed by atoms with van der Waals surface area (Å²) < 4.78 is 0. The number of nitrogens with one attached hydrogen (secondary N) is 1. The van der Waals surface area contributed by atoms with Crippen LogP contribution in [-0.2, 0) is 6.42 Å². The summed E-state index contributed by atoms with van der Waals surface area (Å²) >= 11 is 0. The van der Waals surface area contributed by atoms with Crippen molar-refractivity contribution in [2.24, 2.45) is 11.7 Å². The van der Waals surface area contributed by atoms with Gasteiger partial charge in [-0.15, -0.1) is 0 Å². The molecule has 2 aromatic rings. The first-order valence-electron chi connectivity index (χ1n) is 6.76. The summed E-state index contributed by atoms with van der Waals surface area (Å²) in [5.74, 6) is 1.77. The van der Waals surface area contributed by atoms with E-state index in [2.05, 4.69) is 42.9 Å². The summed E-state index contributed by atoms with van der Waals surface area (Å²) in [4.78, 5) is 8.08. The summed E-state index contributed by atoms with van der Waals surface area (Å²) in [6.45, 7) is 7.30. The van der Waals surface area contributed by atoms with Gasteiger partial charge >= 0.3 is 0 Å². The number of aromatic nitrogens is 2. The Hall–Kier alpha value is -1.35. The van der Waals surface area contributed by atoms with Gasteiger partial charge in [0.15, 0.2) is 0 Å². The van der Waals surface area contributed by atoms with E-state index in [0.717, 1.165) is 42.7 Å². The van der Waals surface area contributed by atoms with Gasteiger partial charge in [0.25, 0.3) is 0 Å². The Morgan fingerprint density at radius 2 is 1.94 bits per heavy atom. The molecule has 0 aliphatic carbocycles. The molecule has 1 aromatic heterocycles. The number of imidazole rings is 1. The van der Waals surface area contributed by atoms with Gasteiger partial charge in [0.1, 0.15) is 5.82 Å². The van der Waals surface area contributed by atoms with E-state index in [0.29, 0.717) is 5.92 Å². The van der Waals surface area contributed by atoms with Gasteiger partial charge < -0.3 is 10.7 Å². The van der Waals surface area contributed by atoms with E-state index < -0.39 is 0 Å². The van der Waals surface area contributed by atoms with Gasteiger partial charge in [0.2, 0.25) is 0 Å². The van der Waals surface area contributed by atoms with Crippen LogP contribution in [0.1, 0.15) is 36.7 Å². The molecular weight excluding hydrogens is 222 g/mol. The first-order valence-corrected chi connectivity index (χ1v) is 6.76. The van der Waals surface area contributed by atoms with E-state index in [9.17, 15) is 0 Å². The minimum Gasteiger partial charge on any atom is -0.342 e. The third-order valence-electron chi connectivity index (χ3n) is 3.68. The lowest BCUT2D eigenvalue weighted by Crippen LogP contribution is -2.06. The summed E-state index contributed by atoms with van der Waals surface area (Å²) in [6, 6.07) is 4.35. The molecule has 0 spiro atoms. The molecule has 1 atom stereocenters. The van der Waals surface area contributed by atoms with Gasteiger partial charge in [-0.05, 0) is 62.4 Å². The average molecular weight is 245 g/mol. The van der Waals surface area contributed by atoms with Crippen LogP contribution < -0.4 is 5.73 Å². The highest BCUT2D eigenvalue weighted by molar-refractivity contribution is 5.77. The first-order chi connectivity index (χ1) is 8.60. The highest BCUT2D eigenvalue weighted by atomic mass is 14.9. The van der Waals surface area contributed by atoms with Gasteiger partial charge in [-0.1, -0.05) is 6.92 Å². The molecule has 1 aromatic carbocycles. The van der Waals surface area contributed by atoms with Crippen LogP contribution in [0.25, 0.3) is 11.0 Å². The van der Waals surface area contributed by atoms with Gasteiger partial charge in [-0.3, -0.25) is 0 Å². The van der Waals surface area contributed by atoms with E-state index in [1.54, 1.807) is 0 Å². The molecule has 0 amide bonds. The zero-order valence-electron chi connectivity index (χ0n) is 11.6. The SMILES string of the molecule is Cc1cc2nc(CCC(C)CCN)[nH]c2cc1C. The standard InChI is InChI=1S/C15H23N3/c1-10(6-7-16)4-5-15-17-13-8-11(2)12(3)9-14(13)18-15/h8-10H,4-7,16H2,1-3H3,(H,17,18). The molecule has 3 heteroatoms. The maximum absolute atomic E-state index is 5.57. The van der Waals surface area contributed by atoms with Gasteiger partial charge in [-0.2, -0.15) is 0 Å². The fourth-order valence-electron chi connectivity index (χ4n) is 2.25. The van der Waals surface area contributed by atoms with E-state index in [-0.39, 0.29) is 0 Å². The van der Waals surface area contributed by atoms with Crippen molar-refractivity contribution in [3.05, 3.63) is 29.1 Å². The number of benzene rings is 1. The largest absolute Gasteiger partial charge is 0.342 e. The second-order valence-electron chi connectivity index (χ2n) is 5.36. The van der Waals surface area contributed by atoms with E-state index >= 15 is 0 Å². The number of H-pyrrole nitrogens is 1. The molecule has 0 saturated heterocycles. The number of rotatable bonds is 5. The fraction of sp³-hybridized carbons (Fsp3) is 0.533. The molecule has 0 aliphatic rings. The quantitative estimate of drug-likeness (QED) is 0.850. The molecule has 18 heavy (non-hydrogen) atoms. The molecule has 1 heterocycles. The monoisotopic (exact) mass is 245 g/mol. The Morgan fingerprint density at radius 1 is 1.22 bits per heavy atom. The van der Waals surface area contributed by atoms with E-state index in [1.807, 2.05) is 0 Å². The normalized spacial score (nSPS) is 13.1. The van der Waals surface area contributed by atoms with Crippen LogP contribution in [0.2, 0.25) is 0 Å². The number of nitrogens with two attached hydrogens (primary N) is 1. The molecule has 0 radical (unpaired) electrons. The van der Waals surface area contributed by atoms with Crippen LogP contribution in [0.4, 0.5) is 0 Å². The van der Waals surface area contributed by atoms with Crippen molar-refractivity contribution in [3.63, 3.8) is 0 Å². The number of aryl methyl sites for hydroxylation is 3. The average Bonchev–Trinajstić information content (AvgIpc) is 2.69. The summed E-state index contributed by atoms with van der Waals surface area (Å²) in [5, 5.41) is 0. The smallest absolute Gasteiger partial charge is 0.107 e. The van der Waals surface area contributed by atoms with Gasteiger partial charge in [-0.25, -0.2) is 4.98 Å². The Balaban J connectivity index is 2.10. The lowest BCUT2D eigenvalue weighted by molar-refractivity contribution is 0.495. The maximum atomic E-state index is 5.57. The molecular formula is C15H23N3. The van der Waals surface area contributed by atoms with Gasteiger partial charge in [0, 0.05) is 6.42 Å². The molecule has 0 aliphatic heterocycles. The summed E-state index contributed by atoms with van der Waals surface area (Å²) in [6.07, 6.45) is 3.25. The molecule has 2 rings (SSSR count). The zero-order chi connectivity index (χ0) is 13.1. The molecule has 0 bridgehead atoms. The topological polar surface area (TPSA) is 54.7 Å². The highest BCUT2D eigenvalue weighted by Gasteiger charge is 2.07. The molecule has 98 valence electrons. The van der Waals surface area contributed by atoms with Crippen LogP contribution in [0.15, 0.2) is 12.1 Å². The molecule has 3 N–H and O–H groups in total. The third kappa shape index (κ3) is 2.91. The maximum Gasteiger partial charge on any atom is 0.107 e.